The summed E-state index contributed by atoms with van der Waals surface area (Å²) >= 11 is 0. The van der Waals surface area contributed by atoms with Crippen LogP contribution in [0.1, 0.15) is 61.7 Å². The van der Waals surface area contributed by atoms with Crippen molar-refractivity contribution in [3.63, 3.8) is 0 Å². The van der Waals surface area contributed by atoms with Gasteiger partial charge in [-0.3, -0.25) is 0 Å². The first-order chi connectivity index (χ1) is 19.2. The van der Waals surface area contributed by atoms with E-state index < -0.39 is 13.2 Å². The summed E-state index contributed by atoms with van der Waals surface area (Å²) in [7, 11) is -1.72. The van der Waals surface area contributed by atoms with E-state index in [1.807, 2.05) is 0 Å². The number of phenols is 1. The summed E-state index contributed by atoms with van der Waals surface area (Å²) in [6.45, 7) is 0.400. The number of aromatic hydroxyl groups is 1. The number of carbonyl (C=O) groups excluding carboxylic acids is 1. The van der Waals surface area contributed by atoms with Crippen molar-refractivity contribution in [2.24, 2.45) is 0 Å². The average Bonchev–Trinajstić information content (AvgIpc) is 2.99. The van der Waals surface area contributed by atoms with E-state index >= 15 is 0 Å². The second-order valence-electron chi connectivity index (χ2n) is 10.0. The number of unbranched alkanes of at least 4 members (excludes halogenated alkanes) is 7. The SMILES string of the molecule is O=C(OCCCCCCCCCC[P+](c1ccccc1)(c1ccccc1)c1ccccc1)c1ccccc1O. The van der Waals surface area contributed by atoms with Crippen LogP contribution in [0.5, 0.6) is 5.75 Å². The van der Waals surface area contributed by atoms with Crippen molar-refractivity contribution in [1.82, 2.24) is 0 Å². The fraction of sp³-hybridized carbons (Fsp3) is 0.286. The predicted molar refractivity (Wildman–Crippen MR) is 165 cm³/mol. The van der Waals surface area contributed by atoms with Crippen LogP contribution in [0.2, 0.25) is 0 Å². The highest BCUT2D eigenvalue weighted by atomic mass is 31.2. The number of rotatable bonds is 15. The van der Waals surface area contributed by atoms with Gasteiger partial charge in [-0.15, -0.1) is 0 Å². The average molecular weight is 540 g/mol. The Morgan fingerprint density at radius 1 is 0.538 bits per heavy atom. The van der Waals surface area contributed by atoms with Crippen LogP contribution in [-0.2, 0) is 4.74 Å². The Hall–Kier alpha value is -3.42. The molecule has 0 bridgehead atoms. The Bertz CT molecular complexity index is 1160. The predicted octanol–water partition coefficient (Wildman–Crippen LogP) is 7.66. The molecule has 0 radical (unpaired) electrons. The van der Waals surface area contributed by atoms with E-state index in [4.69, 9.17) is 4.74 Å². The van der Waals surface area contributed by atoms with E-state index in [2.05, 4.69) is 91.0 Å². The minimum atomic E-state index is -1.72. The highest BCUT2D eigenvalue weighted by molar-refractivity contribution is 7.95. The van der Waals surface area contributed by atoms with E-state index in [9.17, 15) is 9.90 Å². The number of phenolic OH excluding ortho intramolecular Hbond substituents is 1. The first kappa shape index (κ1) is 28.6. The third-order valence-corrected chi connectivity index (χ3v) is 11.9. The van der Waals surface area contributed by atoms with Gasteiger partial charge in [-0.2, -0.15) is 0 Å². The van der Waals surface area contributed by atoms with E-state index in [1.54, 1.807) is 18.2 Å². The summed E-state index contributed by atoms with van der Waals surface area (Å²) in [5.41, 5.74) is 0.232. The van der Waals surface area contributed by atoms with Crippen molar-refractivity contribution >= 4 is 29.1 Å². The molecule has 0 heterocycles. The van der Waals surface area contributed by atoms with Gasteiger partial charge >= 0.3 is 5.97 Å². The molecule has 0 saturated carbocycles. The smallest absolute Gasteiger partial charge is 0.341 e. The molecule has 0 saturated heterocycles. The lowest BCUT2D eigenvalue weighted by Gasteiger charge is -2.27. The van der Waals surface area contributed by atoms with E-state index in [0.717, 1.165) is 19.3 Å². The molecule has 3 nitrogen and oxygen atoms in total. The van der Waals surface area contributed by atoms with Gasteiger partial charge in [0.2, 0.25) is 0 Å². The van der Waals surface area contributed by atoms with Crippen LogP contribution in [0, 0.1) is 0 Å². The lowest BCUT2D eigenvalue weighted by atomic mass is 10.1. The van der Waals surface area contributed by atoms with Gasteiger partial charge in [0, 0.05) is 0 Å². The normalized spacial score (nSPS) is 11.3. The van der Waals surface area contributed by atoms with Crippen LogP contribution in [0.3, 0.4) is 0 Å². The van der Waals surface area contributed by atoms with Gasteiger partial charge in [0.15, 0.2) is 0 Å². The molecule has 0 aliphatic carbocycles. The number of hydrogen-bond donors (Lipinski definition) is 1. The number of hydrogen-bond acceptors (Lipinski definition) is 3. The maximum atomic E-state index is 12.1. The second kappa shape index (κ2) is 15.2. The van der Waals surface area contributed by atoms with Gasteiger partial charge in [0.1, 0.15) is 34.5 Å². The maximum Gasteiger partial charge on any atom is 0.341 e. The molecule has 202 valence electrons. The third kappa shape index (κ3) is 7.80. The van der Waals surface area contributed by atoms with E-state index in [0.29, 0.717) is 6.61 Å². The first-order valence-electron chi connectivity index (χ1n) is 14.2. The Morgan fingerprint density at radius 3 is 1.44 bits per heavy atom. The topological polar surface area (TPSA) is 46.5 Å². The number of para-hydroxylation sites is 1. The van der Waals surface area contributed by atoms with Crippen molar-refractivity contribution in [2.75, 3.05) is 12.8 Å². The third-order valence-electron chi connectivity index (χ3n) is 7.34. The van der Waals surface area contributed by atoms with Crippen LogP contribution >= 0.6 is 7.26 Å². The molecule has 0 aromatic heterocycles. The van der Waals surface area contributed by atoms with Gasteiger partial charge in [0.05, 0.1) is 12.8 Å². The Labute approximate surface area is 234 Å². The molecule has 0 amide bonds. The lowest BCUT2D eigenvalue weighted by molar-refractivity contribution is 0.0494. The zero-order valence-corrected chi connectivity index (χ0v) is 23.6. The van der Waals surface area contributed by atoms with Crippen LogP contribution in [0.15, 0.2) is 115 Å². The number of esters is 1. The van der Waals surface area contributed by atoms with E-state index in [-0.39, 0.29) is 11.3 Å². The van der Waals surface area contributed by atoms with Crippen molar-refractivity contribution in [1.29, 1.82) is 0 Å². The molecule has 4 rings (SSSR count). The molecule has 4 heteroatoms. The summed E-state index contributed by atoms with van der Waals surface area (Å²) < 4.78 is 5.31. The van der Waals surface area contributed by atoms with Crippen LogP contribution in [-0.4, -0.2) is 23.8 Å². The van der Waals surface area contributed by atoms with Crippen LogP contribution < -0.4 is 15.9 Å². The van der Waals surface area contributed by atoms with Crippen molar-refractivity contribution in [3.05, 3.63) is 121 Å². The Balaban J connectivity index is 1.22. The van der Waals surface area contributed by atoms with Crippen LogP contribution in [0.25, 0.3) is 0 Å². The molecule has 4 aromatic carbocycles. The summed E-state index contributed by atoms with van der Waals surface area (Å²) in [5.74, 6) is -0.480. The molecule has 0 atom stereocenters. The Morgan fingerprint density at radius 2 is 0.949 bits per heavy atom. The second-order valence-corrected chi connectivity index (χ2v) is 13.6. The monoisotopic (exact) mass is 539 g/mol. The molecule has 0 aliphatic rings. The summed E-state index contributed by atoms with van der Waals surface area (Å²) in [6, 6.07) is 39.9. The fourth-order valence-electron chi connectivity index (χ4n) is 5.28. The summed E-state index contributed by atoms with van der Waals surface area (Å²) in [5, 5.41) is 14.2. The minimum Gasteiger partial charge on any atom is -0.507 e. The molecular weight excluding hydrogens is 499 g/mol. The largest absolute Gasteiger partial charge is 0.507 e. The molecule has 4 aromatic rings. The standard InChI is InChI=1S/C35H39O3P/c36-34-27-17-16-26-33(34)35(37)38-28-18-5-3-1-2-4-6-19-29-39(30-20-10-7-11-21-30,31-22-12-8-13-23-31)32-24-14-9-15-25-32/h7-17,20-27H,1-6,18-19,28-29H2/p+1. The first-order valence-corrected chi connectivity index (χ1v) is 16.2. The fourth-order valence-corrected chi connectivity index (χ4v) is 9.69. The van der Waals surface area contributed by atoms with Crippen LogP contribution in [0.4, 0.5) is 0 Å². The molecule has 39 heavy (non-hydrogen) atoms. The molecule has 0 aliphatic heterocycles. The highest BCUT2D eigenvalue weighted by Crippen LogP contribution is 2.56. The van der Waals surface area contributed by atoms with Crippen molar-refractivity contribution in [3.8, 4) is 5.75 Å². The molecule has 0 spiro atoms. The number of carbonyl (C=O) groups is 1. The van der Waals surface area contributed by atoms with Crippen molar-refractivity contribution < 1.29 is 14.6 Å². The van der Waals surface area contributed by atoms with Gasteiger partial charge in [-0.1, -0.05) is 98.8 Å². The van der Waals surface area contributed by atoms with Crippen molar-refractivity contribution in [2.45, 2.75) is 51.4 Å². The van der Waals surface area contributed by atoms with Gasteiger partial charge in [0.25, 0.3) is 0 Å². The summed E-state index contributed by atoms with van der Waals surface area (Å²) in [4.78, 5) is 12.1. The maximum absolute atomic E-state index is 12.1. The minimum absolute atomic E-state index is 0.0295. The molecule has 0 unspecified atom stereocenters. The van der Waals surface area contributed by atoms with Gasteiger partial charge in [-0.25, -0.2) is 4.79 Å². The number of benzene rings is 4. The number of ether oxygens (including phenoxy) is 1. The van der Waals surface area contributed by atoms with Gasteiger partial charge in [-0.05, 0) is 67.8 Å². The molecule has 0 fully saturated rings. The highest BCUT2D eigenvalue weighted by Gasteiger charge is 2.44. The van der Waals surface area contributed by atoms with Gasteiger partial charge < -0.3 is 9.84 Å². The lowest BCUT2D eigenvalue weighted by Crippen LogP contribution is -2.33. The Kier molecular flexibility index (Phi) is 11.2. The summed E-state index contributed by atoms with van der Waals surface area (Å²) in [6.07, 6.45) is 10.4. The zero-order valence-electron chi connectivity index (χ0n) is 22.8. The quantitative estimate of drug-likeness (QED) is 0.0958. The molecule has 1 N–H and O–H groups in total. The van der Waals surface area contributed by atoms with E-state index in [1.165, 1.54) is 60.2 Å². The molecular formula is C35H40O3P+. The zero-order chi connectivity index (χ0) is 27.2.